The fraction of sp³-hybridized carbons (Fsp3) is 0.286. The topological polar surface area (TPSA) is 85.1 Å². The molecule has 0 saturated carbocycles. The minimum absolute atomic E-state index is 0.0635. The SMILES string of the molecule is CCc1nc(CCNC(=O)c2ccc([N+](=O)[O-])cc2Cl)cs1. The minimum atomic E-state index is -0.554. The fourth-order valence-electron chi connectivity index (χ4n) is 1.83. The van der Waals surface area contributed by atoms with E-state index >= 15 is 0 Å². The van der Waals surface area contributed by atoms with Gasteiger partial charge < -0.3 is 5.32 Å². The summed E-state index contributed by atoms with van der Waals surface area (Å²) >= 11 is 7.51. The van der Waals surface area contributed by atoms with Gasteiger partial charge >= 0.3 is 0 Å². The van der Waals surface area contributed by atoms with Gasteiger partial charge in [0.2, 0.25) is 0 Å². The van der Waals surface area contributed by atoms with Crippen molar-refractivity contribution in [2.24, 2.45) is 0 Å². The van der Waals surface area contributed by atoms with Crippen molar-refractivity contribution in [1.29, 1.82) is 0 Å². The van der Waals surface area contributed by atoms with E-state index in [1.807, 2.05) is 12.3 Å². The normalized spacial score (nSPS) is 10.5. The highest BCUT2D eigenvalue weighted by Gasteiger charge is 2.14. The molecule has 8 heteroatoms. The van der Waals surface area contributed by atoms with Gasteiger partial charge in [0.15, 0.2) is 0 Å². The number of amides is 1. The second-order valence-electron chi connectivity index (χ2n) is 4.51. The van der Waals surface area contributed by atoms with Crippen LogP contribution in [0.1, 0.15) is 28.0 Å². The Kier molecular flexibility index (Phi) is 5.46. The van der Waals surface area contributed by atoms with E-state index in [1.54, 1.807) is 11.3 Å². The summed E-state index contributed by atoms with van der Waals surface area (Å²) < 4.78 is 0. The van der Waals surface area contributed by atoms with E-state index in [9.17, 15) is 14.9 Å². The molecule has 22 heavy (non-hydrogen) atoms. The highest BCUT2D eigenvalue weighted by atomic mass is 35.5. The van der Waals surface area contributed by atoms with Crippen molar-refractivity contribution in [2.75, 3.05) is 6.54 Å². The maximum Gasteiger partial charge on any atom is 0.270 e. The first kappa shape index (κ1) is 16.4. The predicted octanol–water partition coefficient (Wildman–Crippen LogP) is 3.24. The van der Waals surface area contributed by atoms with Crippen LogP contribution in [0.5, 0.6) is 0 Å². The molecule has 1 N–H and O–H groups in total. The Morgan fingerprint density at radius 3 is 2.86 bits per heavy atom. The monoisotopic (exact) mass is 339 g/mol. The lowest BCUT2D eigenvalue weighted by Gasteiger charge is -2.05. The lowest BCUT2D eigenvalue weighted by Crippen LogP contribution is -2.26. The average molecular weight is 340 g/mol. The molecule has 2 aromatic rings. The van der Waals surface area contributed by atoms with E-state index in [1.165, 1.54) is 18.2 Å². The number of benzene rings is 1. The molecule has 0 aliphatic carbocycles. The Balaban J connectivity index is 1.93. The molecule has 0 spiro atoms. The van der Waals surface area contributed by atoms with Gasteiger partial charge in [-0.1, -0.05) is 18.5 Å². The number of nitro groups is 1. The molecule has 0 atom stereocenters. The van der Waals surface area contributed by atoms with Crippen molar-refractivity contribution < 1.29 is 9.72 Å². The summed E-state index contributed by atoms with van der Waals surface area (Å²) in [5.74, 6) is -0.356. The van der Waals surface area contributed by atoms with Crippen LogP contribution in [0.25, 0.3) is 0 Å². The van der Waals surface area contributed by atoms with E-state index in [0.717, 1.165) is 17.1 Å². The lowest BCUT2D eigenvalue weighted by atomic mass is 10.2. The molecule has 0 aliphatic heterocycles. The van der Waals surface area contributed by atoms with Crippen molar-refractivity contribution in [3.8, 4) is 0 Å². The van der Waals surface area contributed by atoms with Gasteiger partial charge in [0.05, 0.1) is 26.2 Å². The van der Waals surface area contributed by atoms with Crippen LogP contribution in [-0.2, 0) is 12.8 Å². The first-order valence-electron chi connectivity index (χ1n) is 6.66. The number of hydrogen-bond donors (Lipinski definition) is 1. The second kappa shape index (κ2) is 7.33. The third-order valence-electron chi connectivity index (χ3n) is 2.98. The molecule has 116 valence electrons. The molecule has 0 bridgehead atoms. The zero-order valence-corrected chi connectivity index (χ0v) is 13.4. The van der Waals surface area contributed by atoms with Gasteiger partial charge in [-0.2, -0.15) is 0 Å². The van der Waals surface area contributed by atoms with Crippen LogP contribution in [0, 0.1) is 10.1 Å². The predicted molar refractivity (Wildman–Crippen MR) is 85.6 cm³/mol. The van der Waals surface area contributed by atoms with E-state index in [4.69, 9.17) is 11.6 Å². The Hall–Kier alpha value is -1.99. The van der Waals surface area contributed by atoms with Crippen LogP contribution in [0.4, 0.5) is 5.69 Å². The molecule has 0 radical (unpaired) electrons. The minimum Gasteiger partial charge on any atom is -0.352 e. The Morgan fingerprint density at radius 1 is 1.50 bits per heavy atom. The number of aryl methyl sites for hydroxylation is 1. The standard InChI is InChI=1S/C14H14ClN3O3S/c1-2-13-17-9(8-22-13)5-6-16-14(19)11-4-3-10(18(20)21)7-12(11)15/h3-4,7-8H,2,5-6H2,1H3,(H,16,19). The Bertz CT molecular complexity index is 702. The van der Waals surface area contributed by atoms with Gasteiger partial charge in [0.25, 0.3) is 11.6 Å². The smallest absolute Gasteiger partial charge is 0.270 e. The number of aromatic nitrogens is 1. The van der Waals surface area contributed by atoms with Gasteiger partial charge in [-0.15, -0.1) is 11.3 Å². The summed E-state index contributed by atoms with van der Waals surface area (Å²) in [4.78, 5) is 26.5. The molecule has 1 aromatic heterocycles. The fourth-order valence-corrected chi connectivity index (χ4v) is 2.87. The Labute approximate surface area is 136 Å². The molecule has 2 rings (SSSR count). The summed E-state index contributed by atoms with van der Waals surface area (Å²) in [7, 11) is 0. The molecular formula is C14H14ClN3O3S. The second-order valence-corrected chi connectivity index (χ2v) is 5.86. The number of nitrogens with one attached hydrogen (secondary N) is 1. The quantitative estimate of drug-likeness (QED) is 0.646. The molecule has 1 aromatic carbocycles. The number of thiazole rings is 1. The number of hydrogen-bond acceptors (Lipinski definition) is 5. The van der Waals surface area contributed by atoms with Crippen LogP contribution < -0.4 is 5.32 Å². The van der Waals surface area contributed by atoms with E-state index in [0.29, 0.717) is 13.0 Å². The summed E-state index contributed by atoms with van der Waals surface area (Å²) in [6.07, 6.45) is 1.53. The largest absolute Gasteiger partial charge is 0.352 e. The van der Waals surface area contributed by atoms with Crippen molar-refractivity contribution >= 4 is 34.5 Å². The van der Waals surface area contributed by atoms with Gasteiger partial charge in [-0.3, -0.25) is 14.9 Å². The molecule has 0 unspecified atom stereocenters. The van der Waals surface area contributed by atoms with E-state index in [-0.39, 0.29) is 22.2 Å². The van der Waals surface area contributed by atoms with Gasteiger partial charge in [-0.05, 0) is 12.5 Å². The highest BCUT2D eigenvalue weighted by Crippen LogP contribution is 2.22. The van der Waals surface area contributed by atoms with Gasteiger partial charge in [-0.25, -0.2) is 4.98 Å². The zero-order valence-electron chi connectivity index (χ0n) is 11.8. The number of non-ortho nitro benzene ring substituents is 1. The molecule has 6 nitrogen and oxygen atoms in total. The first-order chi connectivity index (χ1) is 10.5. The number of nitrogens with zero attached hydrogens (tertiary/aromatic N) is 2. The Morgan fingerprint density at radius 2 is 2.27 bits per heavy atom. The third-order valence-corrected chi connectivity index (χ3v) is 4.33. The van der Waals surface area contributed by atoms with Crippen molar-refractivity contribution in [2.45, 2.75) is 19.8 Å². The molecule has 1 amide bonds. The average Bonchev–Trinajstić information content (AvgIpc) is 2.94. The lowest BCUT2D eigenvalue weighted by molar-refractivity contribution is -0.384. The van der Waals surface area contributed by atoms with Crippen LogP contribution in [0.2, 0.25) is 5.02 Å². The maximum atomic E-state index is 12.0. The number of rotatable bonds is 6. The van der Waals surface area contributed by atoms with Crippen molar-refractivity contribution in [1.82, 2.24) is 10.3 Å². The van der Waals surface area contributed by atoms with E-state index < -0.39 is 4.92 Å². The number of halogens is 1. The van der Waals surface area contributed by atoms with E-state index in [2.05, 4.69) is 10.3 Å². The summed E-state index contributed by atoms with van der Waals surface area (Å²) in [6, 6.07) is 3.78. The maximum absolute atomic E-state index is 12.0. The van der Waals surface area contributed by atoms with Gasteiger partial charge in [0.1, 0.15) is 0 Å². The molecule has 1 heterocycles. The van der Waals surface area contributed by atoms with Crippen LogP contribution in [0.3, 0.4) is 0 Å². The first-order valence-corrected chi connectivity index (χ1v) is 7.92. The highest BCUT2D eigenvalue weighted by molar-refractivity contribution is 7.09. The number of carbonyl (C=O) groups excluding carboxylic acids is 1. The van der Waals surface area contributed by atoms with Crippen LogP contribution >= 0.6 is 22.9 Å². The molecular weight excluding hydrogens is 326 g/mol. The summed E-state index contributed by atoms with van der Waals surface area (Å²) in [5, 5.41) is 16.5. The number of carbonyl (C=O) groups is 1. The van der Waals surface area contributed by atoms with Crippen LogP contribution in [-0.4, -0.2) is 22.4 Å². The molecule has 0 aliphatic rings. The summed E-state index contributed by atoms with van der Waals surface area (Å²) in [6.45, 7) is 2.47. The molecule has 0 fully saturated rings. The summed E-state index contributed by atoms with van der Waals surface area (Å²) in [5.41, 5.74) is 1.02. The number of nitro benzene ring substituents is 1. The third kappa shape index (κ3) is 4.02. The molecule has 0 saturated heterocycles. The van der Waals surface area contributed by atoms with Crippen LogP contribution in [0.15, 0.2) is 23.6 Å². The van der Waals surface area contributed by atoms with Crippen molar-refractivity contribution in [3.63, 3.8) is 0 Å². The van der Waals surface area contributed by atoms with Crippen molar-refractivity contribution in [3.05, 3.63) is 55.0 Å². The van der Waals surface area contributed by atoms with Gasteiger partial charge in [0, 0.05) is 30.5 Å². The zero-order chi connectivity index (χ0) is 16.1.